The summed E-state index contributed by atoms with van der Waals surface area (Å²) in [6.07, 6.45) is 2.17. The molecule has 3 rings (SSSR count). The van der Waals surface area contributed by atoms with Crippen LogP contribution in [0.2, 0.25) is 0 Å². The van der Waals surface area contributed by atoms with Gasteiger partial charge in [-0.3, -0.25) is 4.79 Å². The first kappa shape index (κ1) is 24.3. The maximum atomic E-state index is 13.4. The van der Waals surface area contributed by atoms with Crippen LogP contribution >= 0.6 is 44.3 Å². The molecule has 1 unspecified atom stereocenters. The molecule has 1 N–H and O–H groups in total. The summed E-state index contributed by atoms with van der Waals surface area (Å²) in [5, 5.41) is 3.37. The zero-order valence-electron chi connectivity index (χ0n) is 16.6. The third-order valence-electron chi connectivity index (χ3n) is 5.85. The first-order valence-electron chi connectivity index (χ1n) is 9.49. The Kier molecular flexibility index (Phi) is 8.71. The molecule has 0 aliphatic carbocycles. The first-order chi connectivity index (χ1) is 13.3. The Hall–Kier alpha value is -0.950. The quantitative estimate of drug-likeness (QED) is 0.497. The maximum Gasteiger partial charge on any atom is 0.223 e. The van der Waals surface area contributed by atoms with Gasteiger partial charge in [0.25, 0.3) is 0 Å². The Bertz CT molecular complexity index is 821. The van der Waals surface area contributed by atoms with Gasteiger partial charge in [0, 0.05) is 27.8 Å². The maximum absolute atomic E-state index is 13.4. The molecule has 1 amide bonds. The van der Waals surface area contributed by atoms with E-state index in [0.29, 0.717) is 6.42 Å². The van der Waals surface area contributed by atoms with Gasteiger partial charge in [0.2, 0.25) is 5.91 Å². The number of carbonyl (C=O) groups excluding carboxylic acids is 1. The predicted molar refractivity (Wildman–Crippen MR) is 125 cm³/mol. The van der Waals surface area contributed by atoms with Crippen molar-refractivity contribution in [2.75, 3.05) is 20.1 Å². The number of carbonyl (C=O) groups is 1. The van der Waals surface area contributed by atoms with Gasteiger partial charge in [0.1, 0.15) is 5.82 Å². The topological polar surface area (TPSA) is 32.3 Å². The number of rotatable bonds is 5. The molecule has 1 atom stereocenters. The summed E-state index contributed by atoms with van der Waals surface area (Å²) in [4.78, 5) is 15.1. The van der Waals surface area contributed by atoms with E-state index >= 15 is 0 Å². The average Bonchev–Trinajstić information content (AvgIpc) is 2.67. The van der Waals surface area contributed by atoms with Gasteiger partial charge in [0.05, 0.1) is 6.04 Å². The van der Waals surface area contributed by atoms with E-state index in [0.717, 1.165) is 46.0 Å². The molecule has 7 heteroatoms. The third-order valence-corrected chi connectivity index (χ3v) is 6.76. The SMILES string of the molecule is CC(c1cc(Br)cc(Br)c1)N(C)C(=O)CC1(c2ccc(F)cc2)CCNCC1.Cl. The zero-order chi connectivity index (χ0) is 20.3. The summed E-state index contributed by atoms with van der Waals surface area (Å²) in [7, 11) is 1.86. The third kappa shape index (κ3) is 5.81. The fraction of sp³-hybridized carbons (Fsp3) is 0.409. The fourth-order valence-electron chi connectivity index (χ4n) is 3.95. The molecule has 0 spiro atoms. The van der Waals surface area contributed by atoms with E-state index in [1.165, 1.54) is 12.1 Å². The van der Waals surface area contributed by atoms with Crippen molar-refractivity contribution in [1.29, 1.82) is 0 Å². The summed E-state index contributed by atoms with van der Waals surface area (Å²) in [5.74, 6) is -0.139. The van der Waals surface area contributed by atoms with Crippen LogP contribution in [0.1, 0.15) is 43.4 Å². The van der Waals surface area contributed by atoms with Crippen LogP contribution in [-0.2, 0) is 10.2 Å². The predicted octanol–water partition coefficient (Wildman–Crippen LogP) is 6.00. The average molecular weight is 549 g/mol. The molecule has 2 aromatic carbocycles. The highest BCUT2D eigenvalue weighted by Gasteiger charge is 2.37. The lowest BCUT2D eigenvalue weighted by molar-refractivity contribution is -0.133. The molecule has 0 bridgehead atoms. The molecule has 2 aromatic rings. The number of hydrogen-bond acceptors (Lipinski definition) is 2. The monoisotopic (exact) mass is 546 g/mol. The van der Waals surface area contributed by atoms with Crippen LogP contribution in [0.25, 0.3) is 0 Å². The largest absolute Gasteiger partial charge is 0.339 e. The van der Waals surface area contributed by atoms with Crippen LogP contribution in [-0.4, -0.2) is 30.9 Å². The van der Waals surface area contributed by atoms with Gasteiger partial charge in [-0.1, -0.05) is 44.0 Å². The Balaban J connectivity index is 0.00000300. The highest BCUT2D eigenvalue weighted by Crippen LogP contribution is 2.38. The molecular formula is C22H26Br2ClFN2O. The van der Waals surface area contributed by atoms with Gasteiger partial charge in [-0.05, 0) is 74.3 Å². The van der Waals surface area contributed by atoms with Crippen LogP contribution < -0.4 is 5.32 Å². The number of amides is 1. The van der Waals surface area contributed by atoms with Crippen molar-refractivity contribution < 1.29 is 9.18 Å². The standard InChI is InChI=1S/C22H25Br2FN2O.ClH/c1-15(16-11-18(23)13-19(24)12-16)27(2)21(28)14-22(7-9-26-10-8-22)17-3-5-20(25)6-4-17;/h3-6,11-13,15,26H,7-10,14H2,1-2H3;1H. The summed E-state index contributed by atoms with van der Waals surface area (Å²) in [5.41, 5.74) is 1.87. The van der Waals surface area contributed by atoms with E-state index in [9.17, 15) is 9.18 Å². The summed E-state index contributed by atoms with van der Waals surface area (Å²) < 4.78 is 15.4. The van der Waals surface area contributed by atoms with Gasteiger partial charge >= 0.3 is 0 Å². The van der Waals surface area contributed by atoms with Crippen LogP contribution in [0.5, 0.6) is 0 Å². The van der Waals surface area contributed by atoms with Crippen molar-refractivity contribution in [3.05, 3.63) is 68.4 Å². The van der Waals surface area contributed by atoms with Crippen LogP contribution in [0.15, 0.2) is 51.4 Å². The van der Waals surface area contributed by atoms with Crippen molar-refractivity contribution in [2.24, 2.45) is 0 Å². The Labute approximate surface area is 195 Å². The lowest BCUT2D eigenvalue weighted by atomic mass is 9.70. The van der Waals surface area contributed by atoms with Gasteiger partial charge < -0.3 is 10.2 Å². The van der Waals surface area contributed by atoms with E-state index in [1.54, 1.807) is 0 Å². The second-order valence-electron chi connectivity index (χ2n) is 7.60. The van der Waals surface area contributed by atoms with E-state index in [2.05, 4.69) is 37.2 Å². The molecule has 29 heavy (non-hydrogen) atoms. The summed E-state index contributed by atoms with van der Waals surface area (Å²) in [6.45, 7) is 3.77. The van der Waals surface area contributed by atoms with Crippen molar-refractivity contribution in [2.45, 2.75) is 37.6 Å². The normalized spacial score (nSPS) is 16.6. The lowest BCUT2D eigenvalue weighted by Crippen LogP contribution is -2.44. The molecular weight excluding hydrogens is 523 g/mol. The highest BCUT2D eigenvalue weighted by molar-refractivity contribution is 9.11. The van der Waals surface area contributed by atoms with Gasteiger partial charge in [-0.15, -0.1) is 12.4 Å². The second-order valence-corrected chi connectivity index (χ2v) is 9.43. The number of halogens is 4. The second kappa shape index (κ2) is 10.4. The minimum Gasteiger partial charge on any atom is -0.339 e. The lowest BCUT2D eigenvalue weighted by Gasteiger charge is -2.39. The van der Waals surface area contributed by atoms with Crippen molar-refractivity contribution >= 4 is 50.2 Å². The number of piperidine rings is 1. The Morgan fingerprint density at radius 2 is 1.69 bits per heavy atom. The smallest absolute Gasteiger partial charge is 0.223 e. The molecule has 1 saturated heterocycles. The van der Waals surface area contributed by atoms with Crippen LogP contribution in [0.4, 0.5) is 4.39 Å². The molecule has 0 aromatic heterocycles. The van der Waals surface area contributed by atoms with E-state index in [4.69, 9.17) is 0 Å². The van der Waals surface area contributed by atoms with Crippen LogP contribution in [0, 0.1) is 5.82 Å². The molecule has 1 aliphatic heterocycles. The molecule has 158 valence electrons. The minimum atomic E-state index is -0.248. The molecule has 0 radical (unpaired) electrons. The zero-order valence-corrected chi connectivity index (χ0v) is 20.5. The minimum absolute atomic E-state index is 0. The number of nitrogens with one attached hydrogen (secondary N) is 1. The van der Waals surface area contributed by atoms with E-state index in [-0.39, 0.29) is 35.6 Å². The highest BCUT2D eigenvalue weighted by atomic mass is 79.9. The van der Waals surface area contributed by atoms with Crippen molar-refractivity contribution in [3.63, 3.8) is 0 Å². The number of nitrogens with zero attached hydrogens (tertiary/aromatic N) is 1. The molecule has 1 fully saturated rings. The van der Waals surface area contributed by atoms with Gasteiger partial charge in [-0.2, -0.15) is 0 Å². The number of benzene rings is 2. The van der Waals surface area contributed by atoms with Crippen molar-refractivity contribution in [3.8, 4) is 0 Å². The molecule has 0 saturated carbocycles. The molecule has 3 nitrogen and oxygen atoms in total. The van der Waals surface area contributed by atoms with Crippen molar-refractivity contribution in [1.82, 2.24) is 10.2 Å². The first-order valence-corrected chi connectivity index (χ1v) is 11.1. The Morgan fingerprint density at radius 1 is 1.14 bits per heavy atom. The molecule has 1 aliphatic rings. The molecule has 1 heterocycles. The fourth-order valence-corrected chi connectivity index (χ4v) is 5.28. The summed E-state index contributed by atoms with van der Waals surface area (Å²) in [6, 6.07) is 12.7. The number of hydrogen-bond donors (Lipinski definition) is 1. The summed E-state index contributed by atoms with van der Waals surface area (Å²) >= 11 is 7.04. The van der Waals surface area contributed by atoms with Crippen LogP contribution in [0.3, 0.4) is 0 Å². The Morgan fingerprint density at radius 3 is 2.24 bits per heavy atom. The van der Waals surface area contributed by atoms with E-state index in [1.807, 2.05) is 49.2 Å². The van der Waals surface area contributed by atoms with Gasteiger partial charge in [0.15, 0.2) is 0 Å². The van der Waals surface area contributed by atoms with E-state index < -0.39 is 0 Å². The van der Waals surface area contributed by atoms with Gasteiger partial charge in [-0.25, -0.2) is 4.39 Å².